The van der Waals surface area contributed by atoms with Crippen molar-refractivity contribution in [3.8, 4) is 5.69 Å². The van der Waals surface area contributed by atoms with Gasteiger partial charge in [0.1, 0.15) is 5.69 Å². The molecular weight excluding hydrogens is 382 g/mol. The molecule has 6 heteroatoms. The fraction of sp³-hybridized carbons (Fsp3) is 0.158. The van der Waals surface area contributed by atoms with E-state index in [1.807, 2.05) is 56.4 Å². The smallest absolute Gasteiger partial charge is 0.295 e. The third-order valence-electron chi connectivity index (χ3n) is 4.15. The van der Waals surface area contributed by atoms with Crippen molar-refractivity contribution in [3.63, 3.8) is 0 Å². The molecule has 3 aromatic rings. The first kappa shape index (κ1) is 17.2. The second-order valence-electron chi connectivity index (χ2n) is 5.72. The highest BCUT2D eigenvalue weighted by molar-refractivity contribution is 9.10. The first-order valence-electron chi connectivity index (χ1n) is 7.85. The first-order chi connectivity index (χ1) is 12.0. The predicted molar refractivity (Wildman–Crippen MR) is 103 cm³/mol. The van der Waals surface area contributed by atoms with Crippen molar-refractivity contribution in [2.75, 3.05) is 11.9 Å². The monoisotopic (exact) mass is 399 g/mol. The summed E-state index contributed by atoms with van der Waals surface area (Å²) in [5.74, 6) is -0.0681. The van der Waals surface area contributed by atoms with Gasteiger partial charge in [-0.3, -0.25) is 14.3 Å². The van der Waals surface area contributed by atoms with Gasteiger partial charge >= 0.3 is 0 Å². The molecule has 0 saturated carbocycles. The minimum atomic E-state index is -0.171. The second-order valence-corrected chi connectivity index (χ2v) is 6.64. The standard InChI is InChI=1S/C19H18BrN3O2/c1-13-18(21-12-17(24)14-8-10-15(20)11-9-14)19(25)23(22(13)2)16-6-4-3-5-7-16/h3-11,21H,12H2,1-2H3. The minimum absolute atomic E-state index is 0.0660. The number of hydrogen-bond acceptors (Lipinski definition) is 3. The van der Waals surface area contributed by atoms with E-state index in [2.05, 4.69) is 21.2 Å². The fourth-order valence-electron chi connectivity index (χ4n) is 2.68. The fourth-order valence-corrected chi connectivity index (χ4v) is 2.94. The molecule has 0 bridgehead atoms. The van der Waals surface area contributed by atoms with Gasteiger partial charge in [0.2, 0.25) is 0 Å². The molecule has 1 heterocycles. The lowest BCUT2D eigenvalue weighted by Gasteiger charge is -2.07. The average molecular weight is 400 g/mol. The number of para-hydroxylation sites is 1. The SMILES string of the molecule is Cc1c(NCC(=O)c2ccc(Br)cc2)c(=O)n(-c2ccccc2)n1C. The lowest BCUT2D eigenvalue weighted by atomic mass is 10.1. The highest BCUT2D eigenvalue weighted by Gasteiger charge is 2.16. The maximum Gasteiger partial charge on any atom is 0.295 e. The maximum absolute atomic E-state index is 12.8. The Kier molecular flexibility index (Phi) is 4.90. The summed E-state index contributed by atoms with van der Waals surface area (Å²) in [7, 11) is 1.82. The molecule has 0 aliphatic heterocycles. The number of Topliss-reactive ketones (excluding diaryl/α,β-unsaturated/α-hetero) is 1. The summed E-state index contributed by atoms with van der Waals surface area (Å²) < 4.78 is 4.29. The summed E-state index contributed by atoms with van der Waals surface area (Å²) in [5, 5.41) is 3.01. The lowest BCUT2D eigenvalue weighted by molar-refractivity contribution is 0.101. The van der Waals surface area contributed by atoms with E-state index in [0.29, 0.717) is 11.3 Å². The third kappa shape index (κ3) is 3.44. The van der Waals surface area contributed by atoms with Crippen molar-refractivity contribution in [2.45, 2.75) is 6.92 Å². The van der Waals surface area contributed by atoms with Crippen molar-refractivity contribution in [2.24, 2.45) is 7.05 Å². The summed E-state index contributed by atoms with van der Waals surface area (Å²) in [6.07, 6.45) is 0. The zero-order valence-electron chi connectivity index (χ0n) is 14.0. The van der Waals surface area contributed by atoms with Crippen LogP contribution in [0.4, 0.5) is 5.69 Å². The molecule has 0 saturated heterocycles. The highest BCUT2D eigenvalue weighted by atomic mass is 79.9. The molecule has 128 valence electrons. The summed E-state index contributed by atoms with van der Waals surface area (Å²) in [4.78, 5) is 25.1. The minimum Gasteiger partial charge on any atom is -0.372 e. The number of hydrogen-bond donors (Lipinski definition) is 1. The number of halogens is 1. The van der Waals surface area contributed by atoms with Crippen LogP contribution in [0, 0.1) is 6.92 Å². The van der Waals surface area contributed by atoms with Gasteiger partial charge in [-0.1, -0.05) is 46.3 Å². The number of anilines is 1. The van der Waals surface area contributed by atoms with Gasteiger partial charge in [-0.05, 0) is 31.2 Å². The number of aromatic nitrogens is 2. The lowest BCUT2D eigenvalue weighted by Crippen LogP contribution is -2.22. The first-order valence-corrected chi connectivity index (χ1v) is 8.65. The van der Waals surface area contributed by atoms with Gasteiger partial charge in [0.15, 0.2) is 5.78 Å². The Labute approximate surface area is 154 Å². The van der Waals surface area contributed by atoms with Gasteiger partial charge < -0.3 is 5.32 Å². The molecule has 0 radical (unpaired) electrons. The van der Waals surface area contributed by atoms with E-state index in [1.165, 1.54) is 0 Å². The van der Waals surface area contributed by atoms with Crippen LogP contribution in [0.3, 0.4) is 0 Å². The normalized spacial score (nSPS) is 10.7. The number of rotatable bonds is 5. The Hall–Kier alpha value is -2.60. The van der Waals surface area contributed by atoms with Crippen LogP contribution in [0.25, 0.3) is 5.69 Å². The second kappa shape index (κ2) is 7.11. The van der Waals surface area contributed by atoms with E-state index in [-0.39, 0.29) is 17.9 Å². The Bertz CT molecular complexity index is 957. The van der Waals surface area contributed by atoms with Crippen LogP contribution in [0.15, 0.2) is 63.9 Å². The molecule has 25 heavy (non-hydrogen) atoms. The van der Waals surface area contributed by atoms with Gasteiger partial charge in [0.25, 0.3) is 5.56 Å². The van der Waals surface area contributed by atoms with E-state index in [9.17, 15) is 9.59 Å². The van der Waals surface area contributed by atoms with Gasteiger partial charge in [-0.25, -0.2) is 4.68 Å². The number of benzene rings is 2. The molecule has 0 fully saturated rings. The molecule has 0 aliphatic rings. The molecule has 0 spiro atoms. The molecule has 1 N–H and O–H groups in total. The van der Waals surface area contributed by atoms with Crippen LogP contribution in [-0.4, -0.2) is 21.7 Å². The van der Waals surface area contributed by atoms with Crippen LogP contribution < -0.4 is 10.9 Å². The van der Waals surface area contributed by atoms with Crippen LogP contribution in [0.1, 0.15) is 16.1 Å². The van der Waals surface area contributed by atoms with Crippen LogP contribution >= 0.6 is 15.9 Å². The van der Waals surface area contributed by atoms with Crippen molar-refractivity contribution >= 4 is 27.4 Å². The van der Waals surface area contributed by atoms with E-state index in [4.69, 9.17) is 0 Å². The van der Waals surface area contributed by atoms with Crippen LogP contribution in [0.2, 0.25) is 0 Å². The summed E-state index contributed by atoms with van der Waals surface area (Å²) >= 11 is 3.35. The molecule has 5 nitrogen and oxygen atoms in total. The van der Waals surface area contributed by atoms with E-state index in [1.54, 1.807) is 21.5 Å². The van der Waals surface area contributed by atoms with E-state index >= 15 is 0 Å². The van der Waals surface area contributed by atoms with Crippen LogP contribution in [0.5, 0.6) is 0 Å². The van der Waals surface area contributed by atoms with Gasteiger partial charge in [0, 0.05) is 17.1 Å². The van der Waals surface area contributed by atoms with Gasteiger partial charge in [-0.15, -0.1) is 0 Å². The van der Waals surface area contributed by atoms with E-state index in [0.717, 1.165) is 15.9 Å². The number of ketones is 1. The molecular formula is C19H18BrN3O2. The maximum atomic E-state index is 12.8. The molecule has 3 rings (SSSR count). The zero-order chi connectivity index (χ0) is 18.0. The van der Waals surface area contributed by atoms with E-state index < -0.39 is 0 Å². The summed E-state index contributed by atoms with van der Waals surface area (Å²) in [5.41, 5.74) is 2.43. The van der Waals surface area contributed by atoms with Crippen LogP contribution in [-0.2, 0) is 7.05 Å². The molecule has 0 amide bonds. The van der Waals surface area contributed by atoms with Gasteiger partial charge in [-0.2, -0.15) is 0 Å². The molecule has 0 unspecified atom stereocenters. The predicted octanol–water partition coefficient (Wildman–Crippen LogP) is 3.54. The Balaban J connectivity index is 1.85. The average Bonchev–Trinajstić information content (AvgIpc) is 2.83. The molecule has 0 aliphatic carbocycles. The summed E-state index contributed by atoms with van der Waals surface area (Å²) in [6.45, 7) is 1.92. The quantitative estimate of drug-likeness (QED) is 0.667. The van der Waals surface area contributed by atoms with Crippen molar-refractivity contribution in [1.82, 2.24) is 9.36 Å². The van der Waals surface area contributed by atoms with Crippen molar-refractivity contribution < 1.29 is 4.79 Å². The third-order valence-corrected chi connectivity index (χ3v) is 4.67. The number of nitrogens with one attached hydrogen (secondary N) is 1. The molecule has 0 atom stereocenters. The highest BCUT2D eigenvalue weighted by Crippen LogP contribution is 2.15. The Morgan fingerprint density at radius 3 is 2.36 bits per heavy atom. The Morgan fingerprint density at radius 1 is 1.08 bits per heavy atom. The number of carbonyl (C=O) groups is 1. The van der Waals surface area contributed by atoms with Crippen molar-refractivity contribution in [3.05, 3.63) is 80.7 Å². The largest absolute Gasteiger partial charge is 0.372 e. The number of carbonyl (C=O) groups excluding carboxylic acids is 1. The molecule has 2 aromatic carbocycles. The Morgan fingerprint density at radius 2 is 1.72 bits per heavy atom. The summed E-state index contributed by atoms with van der Waals surface area (Å²) in [6, 6.07) is 16.6. The topological polar surface area (TPSA) is 56.0 Å². The van der Waals surface area contributed by atoms with Gasteiger partial charge in [0.05, 0.1) is 17.9 Å². The molecule has 1 aromatic heterocycles. The van der Waals surface area contributed by atoms with Crippen molar-refractivity contribution in [1.29, 1.82) is 0 Å². The zero-order valence-corrected chi connectivity index (χ0v) is 15.6. The number of nitrogens with zero attached hydrogens (tertiary/aromatic N) is 2.